The van der Waals surface area contributed by atoms with Crippen molar-refractivity contribution in [2.45, 2.75) is 19.5 Å². The summed E-state index contributed by atoms with van der Waals surface area (Å²) >= 11 is 0. The molecule has 1 aliphatic heterocycles. The molecule has 0 saturated heterocycles. The van der Waals surface area contributed by atoms with Crippen molar-refractivity contribution in [3.8, 4) is 11.5 Å². The van der Waals surface area contributed by atoms with Crippen LogP contribution in [0, 0.1) is 0 Å². The lowest BCUT2D eigenvalue weighted by molar-refractivity contribution is 0.0939. The summed E-state index contributed by atoms with van der Waals surface area (Å²) in [5.41, 5.74) is 3.33. The second-order valence-corrected chi connectivity index (χ2v) is 7.23. The van der Waals surface area contributed by atoms with Crippen molar-refractivity contribution >= 4 is 16.9 Å². The minimum atomic E-state index is -0.191. The van der Waals surface area contributed by atoms with Gasteiger partial charge in [0, 0.05) is 11.6 Å². The van der Waals surface area contributed by atoms with Crippen LogP contribution in [-0.4, -0.2) is 27.5 Å². The molecule has 0 saturated carbocycles. The van der Waals surface area contributed by atoms with E-state index in [4.69, 9.17) is 9.47 Å². The predicted molar refractivity (Wildman–Crippen MR) is 112 cm³/mol. The topological polar surface area (TPSA) is 78.3 Å². The van der Waals surface area contributed by atoms with E-state index in [0.29, 0.717) is 17.9 Å². The van der Waals surface area contributed by atoms with Gasteiger partial charge in [-0.05, 0) is 36.2 Å². The first-order valence-electron chi connectivity index (χ1n) is 9.73. The zero-order valence-electron chi connectivity index (χ0n) is 16.4. The van der Waals surface area contributed by atoms with Crippen LogP contribution < -0.4 is 14.8 Å². The predicted octanol–water partition coefficient (Wildman–Crippen LogP) is 3.70. The second-order valence-electron chi connectivity index (χ2n) is 7.23. The molecule has 0 fully saturated rings. The molecule has 3 heterocycles. The van der Waals surface area contributed by atoms with Gasteiger partial charge in [0.05, 0.1) is 24.3 Å². The molecule has 1 N–H and O–H groups in total. The number of benzene rings is 2. The highest BCUT2D eigenvalue weighted by atomic mass is 16.7. The summed E-state index contributed by atoms with van der Waals surface area (Å²) in [5.74, 6) is 1.23. The smallest absolute Gasteiger partial charge is 0.253 e. The van der Waals surface area contributed by atoms with E-state index >= 15 is 0 Å². The third-order valence-corrected chi connectivity index (χ3v) is 5.16. The fraction of sp³-hybridized carbons (Fsp3) is 0.174. The lowest BCUT2D eigenvalue weighted by Crippen LogP contribution is -2.26. The SMILES string of the molecule is CC(NC(=O)c1cnc2c(cnn2Cc2ccccc2)c1)c1ccc2c(c1)OCO2. The number of carbonyl (C=O) groups is 1. The number of amides is 1. The van der Waals surface area contributed by atoms with Crippen LogP contribution in [0.15, 0.2) is 67.0 Å². The first-order chi connectivity index (χ1) is 14.7. The molecule has 30 heavy (non-hydrogen) atoms. The Kier molecular flexibility index (Phi) is 4.55. The first kappa shape index (κ1) is 18.2. The molecule has 4 aromatic rings. The molecule has 2 aromatic carbocycles. The van der Waals surface area contributed by atoms with Gasteiger partial charge in [-0.1, -0.05) is 36.4 Å². The number of fused-ring (bicyclic) bond motifs is 2. The average molecular weight is 400 g/mol. The van der Waals surface area contributed by atoms with E-state index in [1.54, 1.807) is 12.4 Å². The lowest BCUT2D eigenvalue weighted by Gasteiger charge is -2.15. The Hall–Kier alpha value is -3.87. The molecule has 1 aliphatic rings. The van der Waals surface area contributed by atoms with Crippen LogP contribution >= 0.6 is 0 Å². The van der Waals surface area contributed by atoms with E-state index in [-0.39, 0.29) is 18.7 Å². The summed E-state index contributed by atoms with van der Waals surface area (Å²) < 4.78 is 12.6. The molecule has 0 spiro atoms. The lowest BCUT2D eigenvalue weighted by atomic mass is 10.1. The minimum Gasteiger partial charge on any atom is -0.454 e. The molecule has 5 rings (SSSR count). The molecule has 0 bridgehead atoms. The quantitative estimate of drug-likeness (QED) is 0.553. The Balaban J connectivity index is 1.32. The van der Waals surface area contributed by atoms with Gasteiger partial charge in [-0.2, -0.15) is 5.10 Å². The highest BCUT2D eigenvalue weighted by molar-refractivity contribution is 5.97. The molecule has 150 valence electrons. The summed E-state index contributed by atoms with van der Waals surface area (Å²) in [6.45, 7) is 2.78. The second kappa shape index (κ2) is 7.51. The largest absolute Gasteiger partial charge is 0.454 e. The Bertz CT molecular complexity index is 1220. The van der Waals surface area contributed by atoms with E-state index in [2.05, 4.69) is 15.4 Å². The molecule has 7 heteroatoms. The van der Waals surface area contributed by atoms with Crippen molar-refractivity contribution in [3.63, 3.8) is 0 Å². The van der Waals surface area contributed by atoms with Gasteiger partial charge in [-0.15, -0.1) is 0 Å². The molecule has 7 nitrogen and oxygen atoms in total. The van der Waals surface area contributed by atoms with Gasteiger partial charge in [-0.3, -0.25) is 4.79 Å². The van der Waals surface area contributed by atoms with Gasteiger partial charge in [-0.25, -0.2) is 9.67 Å². The average Bonchev–Trinajstić information content (AvgIpc) is 3.40. The van der Waals surface area contributed by atoms with Gasteiger partial charge in [0.2, 0.25) is 6.79 Å². The summed E-state index contributed by atoms with van der Waals surface area (Å²) in [4.78, 5) is 17.3. The number of hydrogen-bond acceptors (Lipinski definition) is 5. The molecule has 0 radical (unpaired) electrons. The maximum Gasteiger partial charge on any atom is 0.253 e. The van der Waals surface area contributed by atoms with E-state index in [9.17, 15) is 4.79 Å². The van der Waals surface area contributed by atoms with Crippen molar-refractivity contribution < 1.29 is 14.3 Å². The standard InChI is InChI=1S/C23H20N4O3/c1-15(17-7-8-20-21(10-17)30-14-29-20)26-23(28)19-9-18-12-25-27(22(18)24-11-19)13-16-5-3-2-4-6-16/h2-12,15H,13-14H2,1H3,(H,26,28). The number of rotatable bonds is 5. The van der Waals surface area contributed by atoms with Crippen molar-refractivity contribution in [1.29, 1.82) is 0 Å². The van der Waals surface area contributed by atoms with Crippen LogP contribution in [0.2, 0.25) is 0 Å². The molecule has 1 unspecified atom stereocenters. The number of nitrogens with one attached hydrogen (secondary N) is 1. The summed E-state index contributed by atoms with van der Waals surface area (Å²) in [5, 5.41) is 8.27. The number of aromatic nitrogens is 3. The fourth-order valence-electron chi connectivity index (χ4n) is 3.51. The molecule has 1 atom stereocenters. The fourth-order valence-corrected chi connectivity index (χ4v) is 3.51. The van der Waals surface area contributed by atoms with E-state index in [1.165, 1.54) is 0 Å². The zero-order chi connectivity index (χ0) is 20.5. The first-order valence-corrected chi connectivity index (χ1v) is 9.73. The number of ether oxygens (including phenoxy) is 2. The van der Waals surface area contributed by atoms with Gasteiger partial charge in [0.1, 0.15) is 0 Å². The Labute approximate surface area is 173 Å². The Morgan fingerprint density at radius 3 is 2.80 bits per heavy atom. The van der Waals surface area contributed by atoms with Gasteiger partial charge < -0.3 is 14.8 Å². The van der Waals surface area contributed by atoms with Crippen LogP contribution in [-0.2, 0) is 6.54 Å². The van der Waals surface area contributed by atoms with Crippen LogP contribution in [0.25, 0.3) is 11.0 Å². The van der Waals surface area contributed by atoms with Crippen LogP contribution in [0.4, 0.5) is 0 Å². The highest BCUT2D eigenvalue weighted by Crippen LogP contribution is 2.34. The summed E-state index contributed by atoms with van der Waals surface area (Å²) in [6.07, 6.45) is 3.33. The van der Waals surface area contributed by atoms with Crippen molar-refractivity contribution in [1.82, 2.24) is 20.1 Å². The summed E-state index contributed by atoms with van der Waals surface area (Å²) in [6, 6.07) is 17.4. The van der Waals surface area contributed by atoms with Gasteiger partial charge in [0.15, 0.2) is 17.1 Å². The third-order valence-electron chi connectivity index (χ3n) is 5.16. The molecular formula is C23H20N4O3. The summed E-state index contributed by atoms with van der Waals surface area (Å²) in [7, 11) is 0. The van der Waals surface area contributed by atoms with Gasteiger partial charge in [0.25, 0.3) is 5.91 Å². The van der Waals surface area contributed by atoms with E-state index in [1.807, 2.05) is 66.2 Å². The van der Waals surface area contributed by atoms with Gasteiger partial charge >= 0.3 is 0 Å². The molecular weight excluding hydrogens is 380 g/mol. The molecule has 1 amide bonds. The van der Waals surface area contributed by atoms with Crippen LogP contribution in [0.1, 0.15) is 34.5 Å². The number of carbonyl (C=O) groups excluding carboxylic acids is 1. The maximum absolute atomic E-state index is 12.8. The van der Waals surface area contributed by atoms with Crippen molar-refractivity contribution in [2.24, 2.45) is 0 Å². The van der Waals surface area contributed by atoms with Crippen molar-refractivity contribution in [3.05, 3.63) is 83.7 Å². The number of hydrogen-bond donors (Lipinski definition) is 1. The van der Waals surface area contributed by atoms with E-state index in [0.717, 1.165) is 27.9 Å². The normalized spacial score (nSPS) is 13.4. The zero-order valence-corrected chi connectivity index (χ0v) is 16.4. The minimum absolute atomic E-state index is 0.189. The monoisotopic (exact) mass is 400 g/mol. The van der Waals surface area contributed by atoms with Crippen molar-refractivity contribution in [2.75, 3.05) is 6.79 Å². The number of nitrogens with zero attached hydrogens (tertiary/aromatic N) is 3. The highest BCUT2D eigenvalue weighted by Gasteiger charge is 2.18. The number of pyridine rings is 1. The molecule has 2 aromatic heterocycles. The Morgan fingerprint density at radius 2 is 1.93 bits per heavy atom. The molecule has 0 aliphatic carbocycles. The third kappa shape index (κ3) is 3.45. The van der Waals surface area contributed by atoms with Crippen LogP contribution in [0.5, 0.6) is 11.5 Å². The van der Waals surface area contributed by atoms with E-state index < -0.39 is 0 Å². The maximum atomic E-state index is 12.8. The Morgan fingerprint density at radius 1 is 1.10 bits per heavy atom. The van der Waals surface area contributed by atoms with Crippen LogP contribution in [0.3, 0.4) is 0 Å².